The molecule has 6 heteroatoms. The van der Waals surface area contributed by atoms with E-state index in [2.05, 4.69) is 4.98 Å². The van der Waals surface area contributed by atoms with Crippen molar-refractivity contribution in [1.29, 1.82) is 0 Å². The second-order valence-electron chi connectivity index (χ2n) is 6.12. The summed E-state index contributed by atoms with van der Waals surface area (Å²) in [6, 6.07) is 13.4. The number of rotatable bonds is 4. The quantitative estimate of drug-likeness (QED) is 0.746. The van der Waals surface area contributed by atoms with Crippen LogP contribution in [0, 0.1) is 0 Å². The lowest BCUT2D eigenvalue weighted by molar-refractivity contribution is 0.0744. The number of carbonyl (C=O) groups is 1. The number of nitrogens with one attached hydrogen (secondary N) is 1. The summed E-state index contributed by atoms with van der Waals surface area (Å²) in [7, 11) is 0. The van der Waals surface area contributed by atoms with Crippen LogP contribution in [0.3, 0.4) is 0 Å². The van der Waals surface area contributed by atoms with Gasteiger partial charge in [0.25, 0.3) is 5.91 Å². The van der Waals surface area contributed by atoms with Gasteiger partial charge < -0.3 is 19.4 Å². The van der Waals surface area contributed by atoms with E-state index in [0.29, 0.717) is 42.8 Å². The molecule has 1 aromatic heterocycles. The molecule has 4 rings (SSSR count). The number of aromatic nitrogens is 1. The number of benzene rings is 2. The second kappa shape index (κ2) is 6.92. The van der Waals surface area contributed by atoms with Crippen molar-refractivity contribution in [1.82, 2.24) is 9.88 Å². The number of para-hydroxylation sites is 2. The van der Waals surface area contributed by atoms with Gasteiger partial charge in [-0.25, -0.2) is 0 Å². The number of amides is 1. The van der Waals surface area contributed by atoms with E-state index < -0.39 is 0 Å². The molecule has 0 unspecified atom stereocenters. The van der Waals surface area contributed by atoms with E-state index in [1.54, 1.807) is 4.90 Å². The first-order chi connectivity index (χ1) is 12.7. The summed E-state index contributed by atoms with van der Waals surface area (Å²) in [5, 5.41) is 1.31. The molecule has 1 aliphatic heterocycles. The van der Waals surface area contributed by atoms with Crippen LogP contribution >= 0.6 is 11.6 Å². The van der Waals surface area contributed by atoms with Crippen LogP contribution in [0.4, 0.5) is 0 Å². The molecule has 26 heavy (non-hydrogen) atoms. The summed E-state index contributed by atoms with van der Waals surface area (Å²) in [4.78, 5) is 18.0. The Labute approximate surface area is 156 Å². The smallest absolute Gasteiger partial charge is 0.272 e. The van der Waals surface area contributed by atoms with Crippen LogP contribution in [-0.2, 0) is 6.54 Å². The van der Waals surface area contributed by atoms with E-state index in [1.165, 1.54) is 0 Å². The highest BCUT2D eigenvalue weighted by Gasteiger charge is 2.24. The van der Waals surface area contributed by atoms with E-state index in [0.717, 1.165) is 22.2 Å². The van der Waals surface area contributed by atoms with Crippen LogP contribution < -0.4 is 9.47 Å². The predicted octanol–water partition coefficient (Wildman–Crippen LogP) is 4.25. The van der Waals surface area contributed by atoms with Crippen molar-refractivity contribution in [2.45, 2.75) is 13.5 Å². The van der Waals surface area contributed by atoms with E-state index in [-0.39, 0.29) is 5.91 Å². The fourth-order valence-electron chi connectivity index (χ4n) is 3.20. The average molecular weight is 371 g/mol. The third kappa shape index (κ3) is 2.88. The fraction of sp³-hybridized carbons (Fsp3) is 0.250. The van der Waals surface area contributed by atoms with Gasteiger partial charge in [0, 0.05) is 29.6 Å². The molecule has 0 spiro atoms. The Morgan fingerprint density at radius 3 is 2.77 bits per heavy atom. The summed E-state index contributed by atoms with van der Waals surface area (Å²) in [6.45, 7) is 3.97. The zero-order valence-electron chi connectivity index (χ0n) is 14.4. The molecular formula is C20H19ClN2O3. The Bertz CT molecular complexity index is 967. The molecule has 0 aliphatic carbocycles. The average Bonchev–Trinajstić information content (AvgIpc) is 3.02. The maximum atomic E-state index is 13.1. The van der Waals surface area contributed by atoms with Crippen molar-refractivity contribution in [3.05, 3.63) is 58.7 Å². The van der Waals surface area contributed by atoms with Crippen molar-refractivity contribution in [3.8, 4) is 11.5 Å². The van der Waals surface area contributed by atoms with E-state index >= 15 is 0 Å². The van der Waals surface area contributed by atoms with Gasteiger partial charge in [0.1, 0.15) is 18.9 Å². The minimum atomic E-state index is -0.136. The second-order valence-corrected chi connectivity index (χ2v) is 6.50. The molecule has 3 aromatic rings. The number of halogens is 1. The Morgan fingerprint density at radius 2 is 1.96 bits per heavy atom. The summed E-state index contributed by atoms with van der Waals surface area (Å²) < 4.78 is 11.4. The van der Waals surface area contributed by atoms with E-state index in [9.17, 15) is 4.79 Å². The largest absolute Gasteiger partial charge is 0.486 e. The van der Waals surface area contributed by atoms with Crippen LogP contribution in [0.1, 0.15) is 23.0 Å². The van der Waals surface area contributed by atoms with Crippen LogP contribution in [0.2, 0.25) is 5.02 Å². The molecule has 1 amide bonds. The lowest BCUT2D eigenvalue weighted by Crippen LogP contribution is -2.31. The number of fused-ring (bicyclic) bond motifs is 2. The Balaban J connectivity index is 1.65. The summed E-state index contributed by atoms with van der Waals surface area (Å²) >= 11 is 6.45. The zero-order valence-corrected chi connectivity index (χ0v) is 15.2. The Kier molecular flexibility index (Phi) is 4.47. The molecule has 134 valence electrons. The molecule has 0 atom stereocenters. The molecule has 2 aromatic carbocycles. The fourth-order valence-corrected chi connectivity index (χ4v) is 3.50. The van der Waals surface area contributed by atoms with E-state index in [1.807, 2.05) is 49.4 Å². The van der Waals surface area contributed by atoms with Gasteiger partial charge in [-0.05, 0) is 19.1 Å². The first kappa shape index (κ1) is 16.8. The molecule has 0 fully saturated rings. The third-order valence-corrected chi connectivity index (χ3v) is 4.93. The number of nitrogens with zero attached hydrogens (tertiary/aromatic N) is 1. The summed E-state index contributed by atoms with van der Waals surface area (Å²) in [5.74, 6) is 1.30. The topological polar surface area (TPSA) is 54.6 Å². The van der Waals surface area contributed by atoms with Gasteiger partial charge in [0.15, 0.2) is 11.5 Å². The minimum Gasteiger partial charge on any atom is -0.486 e. The van der Waals surface area contributed by atoms with Crippen molar-refractivity contribution in [2.24, 2.45) is 0 Å². The molecule has 1 aliphatic rings. The SMILES string of the molecule is CCN(Cc1cccc2c1OCCO2)C(=O)c1[nH]c2ccccc2c1Cl. The third-order valence-electron chi connectivity index (χ3n) is 4.53. The zero-order chi connectivity index (χ0) is 18.1. The van der Waals surface area contributed by atoms with Gasteiger partial charge in [0.2, 0.25) is 0 Å². The van der Waals surface area contributed by atoms with Gasteiger partial charge in [-0.2, -0.15) is 0 Å². The number of hydrogen-bond donors (Lipinski definition) is 1. The lowest BCUT2D eigenvalue weighted by Gasteiger charge is -2.25. The highest BCUT2D eigenvalue weighted by Crippen LogP contribution is 2.35. The lowest BCUT2D eigenvalue weighted by atomic mass is 10.1. The first-order valence-electron chi connectivity index (χ1n) is 8.62. The van der Waals surface area contributed by atoms with Gasteiger partial charge in [-0.15, -0.1) is 0 Å². The summed E-state index contributed by atoms with van der Waals surface area (Å²) in [6.07, 6.45) is 0. The van der Waals surface area contributed by atoms with Crippen LogP contribution in [0.25, 0.3) is 10.9 Å². The highest BCUT2D eigenvalue weighted by molar-refractivity contribution is 6.38. The highest BCUT2D eigenvalue weighted by atomic mass is 35.5. The summed E-state index contributed by atoms with van der Waals surface area (Å²) in [5.41, 5.74) is 2.19. The minimum absolute atomic E-state index is 0.136. The molecule has 0 saturated heterocycles. The molecule has 0 saturated carbocycles. The van der Waals surface area contributed by atoms with Crippen molar-refractivity contribution >= 4 is 28.4 Å². The molecular weight excluding hydrogens is 352 g/mol. The van der Waals surface area contributed by atoms with Gasteiger partial charge in [-0.3, -0.25) is 4.79 Å². The molecule has 1 N–H and O–H groups in total. The van der Waals surface area contributed by atoms with Crippen molar-refractivity contribution < 1.29 is 14.3 Å². The van der Waals surface area contributed by atoms with Crippen molar-refractivity contribution in [2.75, 3.05) is 19.8 Å². The van der Waals surface area contributed by atoms with Crippen LogP contribution in [-0.4, -0.2) is 35.5 Å². The van der Waals surface area contributed by atoms with E-state index in [4.69, 9.17) is 21.1 Å². The van der Waals surface area contributed by atoms with Crippen LogP contribution in [0.5, 0.6) is 11.5 Å². The molecule has 0 radical (unpaired) electrons. The monoisotopic (exact) mass is 370 g/mol. The number of ether oxygens (including phenoxy) is 2. The van der Waals surface area contributed by atoms with Gasteiger partial charge in [0.05, 0.1) is 5.02 Å². The standard InChI is InChI=1S/C20H19ClN2O3/c1-2-23(12-13-6-5-9-16-19(13)26-11-10-25-16)20(24)18-17(21)14-7-3-4-8-15(14)22-18/h3-9,22H,2,10-12H2,1H3. The number of aromatic amines is 1. The Morgan fingerprint density at radius 1 is 1.15 bits per heavy atom. The first-order valence-corrected chi connectivity index (χ1v) is 8.99. The molecule has 5 nitrogen and oxygen atoms in total. The van der Waals surface area contributed by atoms with Gasteiger partial charge >= 0.3 is 0 Å². The molecule has 0 bridgehead atoms. The predicted molar refractivity (Wildman–Crippen MR) is 101 cm³/mol. The normalized spacial score (nSPS) is 13.0. The van der Waals surface area contributed by atoms with Crippen LogP contribution in [0.15, 0.2) is 42.5 Å². The maximum absolute atomic E-state index is 13.1. The number of carbonyl (C=O) groups excluding carboxylic acids is 1. The molecule has 2 heterocycles. The van der Waals surface area contributed by atoms with Gasteiger partial charge in [-0.1, -0.05) is 41.9 Å². The number of hydrogen-bond acceptors (Lipinski definition) is 3. The maximum Gasteiger partial charge on any atom is 0.272 e. The Hall–Kier alpha value is -2.66. The van der Waals surface area contributed by atoms with Crippen molar-refractivity contribution in [3.63, 3.8) is 0 Å². The number of H-pyrrole nitrogens is 1.